The Morgan fingerprint density at radius 1 is 0.367 bits per heavy atom. The Morgan fingerprint density at radius 2 is 0.633 bits per heavy atom. The lowest BCUT2D eigenvalue weighted by Gasteiger charge is -1.99. The van der Waals surface area contributed by atoms with Gasteiger partial charge in [0.25, 0.3) is 0 Å². The van der Waals surface area contributed by atoms with Gasteiger partial charge in [-0.3, -0.25) is 0 Å². The summed E-state index contributed by atoms with van der Waals surface area (Å²) in [6, 6.07) is 0. The highest BCUT2D eigenvalue weighted by Crippen LogP contribution is 2.10. The standard InChI is InChI=1S/C18H37N.C10H23N/c1-2-3-4-5-6-7-8-9-10-11-12-13-14-15-16-17-18-19;1-2-3-4-5-6-7-8-9-10-11/h9-10H,2-8,11-19H2,1H3;2-11H2,1H3/b10-9-;. The van der Waals surface area contributed by atoms with Gasteiger partial charge in [0, 0.05) is 0 Å². The van der Waals surface area contributed by atoms with Gasteiger partial charge in [0.05, 0.1) is 0 Å². The van der Waals surface area contributed by atoms with Crippen molar-refractivity contribution in [3.05, 3.63) is 12.2 Å². The molecule has 0 spiro atoms. The zero-order valence-corrected chi connectivity index (χ0v) is 21.3. The number of nitrogens with two attached hydrogens (primary N) is 2. The van der Waals surface area contributed by atoms with Gasteiger partial charge >= 0.3 is 0 Å². The molecule has 0 aliphatic carbocycles. The number of allylic oxidation sites excluding steroid dienone is 2. The van der Waals surface area contributed by atoms with Gasteiger partial charge in [0.2, 0.25) is 0 Å². The van der Waals surface area contributed by atoms with Crippen molar-refractivity contribution in [2.75, 3.05) is 13.1 Å². The van der Waals surface area contributed by atoms with E-state index in [0.29, 0.717) is 0 Å². The van der Waals surface area contributed by atoms with Crippen LogP contribution in [0, 0.1) is 0 Å². The van der Waals surface area contributed by atoms with Crippen molar-refractivity contribution in [1.29, 1.82) is 0 Å². The smallest absolute Gasteiger partial charge is 0.00773 e. The molecule has 30 heavy (non-hydrogen) atoms. The molecule has 2 heteroatoms. The van der Waals surface area contributed by atoms with E-state index in [2.05, 4.69) is 26.0 Å². The minimum Gasteiger partial charge on any atom is -0.330 e. The average molecular weight is 425 g/mol. The van der Waals surface area contributed by atoms with E-state index in [1.165, 1.54) is 141 Å². The van der Waals surface area contributed by atoms with E-state index in [1.54, 1.807) is 0 Å². The maximum absolute atomic E-state index is 5.47. The largest absolute Gasteiger partial charge is 0.330 e. The molecule has 4 N–H and O–H groups in total. The predicted molar refractivity (Wildman–Crippen MR) is 140 cm³/mol. The third-order valence-electron chi connectivity index (χ3n) is 5.77. The van der Waals surface area contributed by atoms with Gasteiger partial charge in [0.15, 0.2) is 0 Å². The van der Waals surface area contributed by atoms with Crippen LogP contribution >= 0.6 is 0 Å². The van der Waals surface area contributed by atoms with E-state index in [4.69, 9.17) is 11.5 Å². The normalized spacial score (nSPS) is 11.1. The lowest BCUT2D eigenvalue weighted by Crippen LogP contribution is -1.97. The molecule has 0 bridgehead atoms. The Morgan fingerprint density at radius 3 is 0.933 bits per heavy atom. The number of unbranched alkanes of at least 4 members (excludes halogenated alkanes) is 19. The quantitative estimate of drug-likeness (QED) is 0.127. The Labute approximate surface area is 192 Å². The molecule has 0 rings (SSSR count). The molecule has 182 valence electrons. The summed E-state index contributed by atoms with van der Waals surface area (Å²) in [6.45, 7) is 6.27. The monoisotopic (exact) mass is 424 g/mol. The fraction of sp³-hybridized carbons (Fsp3) is 0.929. The van der Waals surface area contributed by atoms with Gasteiger partial charge < -0.3 is 11.5 Å². The van der Waals surface area contributed by atoms with E-state index in [9.17, 15) is 0 Å². The highest BCUT2D eigenvalue weighted by Gasteiger charge is 1.91. The van der Waals surface area contributed by atoms with E-state index < -0.39 is 0 Å². The summed E-state index contributed by atoms with van der Waals surface area (Å²) < 4.78 is 0. The second-order valence-corrected chi connectivity index (χ2v) is 8.99. The third-order valence-corrected chi connectivity index (χ3v) is 5.77. The molecule has 0 fully saturated rings. The van der Waals surface area contributed by atoms with Gasteiger partial charge in [-0.1, -0.05) is 129 Å². The third kappa shape index (κ3) is 35.1. The predicted octanol–water partition coefficient (Wildman–Crippen LogP) is 9.07. The van der Waals surface area contributed by atoms with Crippen molar-refractivity contribution in [3.63, 3.8) is 0 Å². The lowest BCUT2D eigenvalue weighted by molar-refractivity contribution is 0.578. The SMILES string of the molecule is CCCCCCCC/C=C\CCCCCCCCN.CCCCCCCCCCN. The van der Waals surface area contributed by atoms with Gasteiger partial charge in [-0.05, 0) is 51.6 Å². The first kappa shape index (κ1) is 31.8. The fourth-order valence-electron chi connectivity index (χ4n) is 3.67. The molecular weight excluding hydrogens is 364 g/mol. The summed E-state index contributed by atoms with van der Waals surface area (Å²) in [4.78, 5) is 0. The molecule has 0 amide bonds. The molecule has 0 aromatic rings. The van der Waals surface area contributed by atoms with Crippen molar-refractivity contribution >= 4 is 0 Å². The molecule has 0 saturated carbocycles. The molecule has 0 heterocycles. The zero-order chi connectivity index (χ0) is 22.4. The summed E-state index contributed by atoms with van der Waals surface area (Å²) in [5.41, 5.74) is 10.9. The van der Waals surface area contributed by atoms with Gasteiger partial charge in [-0.2, -0.15) is 0 Å². The maximum Gasteiger partial charge on any atom is -0.00773 e. The molecule has 0 atom stereocenters. The number of hydrogen-bond donors (Lipinski definition) is 2. The minimum atomic E-state index is 0.862. The van der Waals surface area contributed by atoms with Gasteiger partial charge in [0.1, 0.15) is 0 Å². The van der Waals surface area contributed by atoms with Gasteiger partial charge in [-0.25, -0.2) is 0 Å². The molecule has 0 aromatic heterocycles. The molecular formula is C28H60N2. The van der Waals surface area contributed by atoms with E-state index in [0.717, 1.165) is 13.1 Å². The van der Waals surface area contributed by atoms with Crippen LogP contribution in [0.5, 0.6) is 0 Å². The number of rotatable bonds is 23. The first-order valence-corrected chi connectivity index (χ1v) is 13.9. The average Bonchev–Trinajstić information content (AvgIpc) is 2.76. The summed E-state index contributed by atoms with van der Waals surface area (Å²) in [5, 5.41) is 0. The van der Waals surface area contributed by atoms with Crippen molar-refractivity contribution in [3.8, 4) is 0 Å². The molecule has 0 aliphatic rings. The Kier molecular flexibility index (Phi) is 35.3. The van der Waals surface area contributed by atoms with E-state index in [-0.39, 0.29) is 0 Å². The Balaban J connectivity index is 0. The highest BCUT2D eigenvalue weighted by atomic mass is 14.5. The highest BCUT2D eigenvalue weighted by molar-refractivity contribution is 4.81. The van der Waals surface area contributed by atoms with E-state index in [1.807, 2.05) is 0 Å². The van der Waals surface area contributed by atoms with Crippen molar-refractivity contribution < 1.29 is 0 Å². The van der Waals surface area contributed by atoms with Crippen LogP contribution in [0.15, 0.2) is 12.2 Å². The molecule has 0 aliphatic heterocycles. The van der Waals surface area contributed by atoms with Gasteiger partial charge in [-0.15, -0.1) is 0 Å². The first-order chi connectivity index (χ1) is 14.8. The minimum absolute atomic E-state index is 0.862. The topological polar surface area (TPSA) is 52.0 Å². The van der Waals surface area contributed by atoms with Crippen LogP contribution in [-0.2, 0) is 0 Å². The summed E-state index contributed by atoms with van der Waals surface area (Å²) >= 11 is 0. The van der Waals surface area contributed by atoms with Crippen molar-refractivity contribution in [1.82, 2.24) is 0 Å². The lowest BCUT2D eigenvalue weighted by atomic mass is 10.1. The first-order valence-electron chi connectivity index (χ1n) is 13.9. The molecule has 0 radical (unpaired) electrons. The maximum atomic E-state index is 5.47. The van der Waals surface area contributed by atoms with Crippen LogP contribution in [-0.4, -0.2) is 13.1 Å². The fourth-order valence-corrected chi connectivity index (χ4v) is 3.67. The van der Waals surface area contributed by atoms with Crippen LogP contribution in [0.4, 0.5) is 0 Å². The molecule has 0 saturated heterocycles. The molecule has 2 nitrogen and oxygen atoms in total. The Hall–Kier alpha value is -0.340. The van der Waals surface area contributed by atoms with Crippen LogP contribution in [0.25, 0.3) is 0 Å². The summed E-state index contributed by atoms with van der Waals surface area (Å²) in [7, 11) is 0. The number of hydrogen-bond acceptors (Lipinski definition) is 2. The van der Waals surface area contributed by atoms with Crippen LogP contribution < -0.4 is 11.5 Å². The van der Waals surface area contributed by atoms with Crippen LogP contribution in [0.3, 0.4) is 0 Å². The second-order valence-electron chi connectivity index (χ2n) is 8.99. The summed E-state index contributed by atoms with van der Waals surface area (Å²) in [5.74, 6) is 0. The second kappa shape index (κ2) is 33.3. The van der Waals surface area contributed by atoms with Crippen molar-refractivity contribution in [2.24, 2.45) is 11.5 Å². The molecule has 0 unspecified atom stereocenters. The van der Waals surface area contributed by atoms with E-state index >= 15 is 0 Å². The Bertz CT molecular complexity index is 280. The van der Waals surface area contributed by atoms with Crippen LogP contribution in [0.2, 0.25) is 0 Å². The van der Waals surface area contributed by atoms with Crippen LogP contribution in [0.1, 0.15) is 155 Å². The molecule has 0 aromatic carbocycles. The zero-order valence-electron chi connectivity index (χ0n) is 21.3. The van der Waals surface area contributed by atoms with Crippen molar-refractivity contribution in [2.45, 2.75) is 155 Å². The summed E-state index contributed by atoms with van der Waals surface area (Å²) in [6.07, 6.45) is 34.9.